The predicted molar refractivity (Wildman–Crippen MR) is 113 cm³/mol. The third-order valence-corrected chi connectivity index (χ3v) is 4.88. The Balaban J connectivity index is 2.37. The first-order valence-corrected chi connectivity index (χ1v) is 9.02. The molecule has 0 unspecified atom stereocenters. The van der Waals surface area contributed by atoms with E-state index in [0.717, 1.165) is 16.7 Å². The minimum Gasteiger partial charge on any atom is -0.496 e. The fourth-order valence-electron chi connectivity index (χ4n) is 3.36. The first kappa shape index (κ1) is 20.0. The number of pyridine rings is 1. The molecular formula is C23H23N3O3. The number of anilines is 1. The lowest BCUT2D eigenvalue weighted by Crippen LogP contribution is -2.04. The van der Waals surface area contributed by atoms with E-state index >= 15 is 0 Å². The Morgan fingerprint density at radius 1 is 0.897 bits per heavy atom. The summed E-state index contributed by atoms with van der Waals surface area (Å²) < 4.78 is 16.4. The summed E-state index contributed by atoms with van der Waals surface area (Å²) in [4.78, 5) is 4.52. The van der Waals surface area contributed by atoms with E-state index in [0.29, 0.717) is 39.6 Å². The molecule has 0 atom stereocenters. The molecular weight excluding hydrogens is 366 g/mol. The molecule has 1 heterocycles. The van der Waals surface area contributed by atoms with Gasteiger partial charge in [-0.2, -0.15) is 5.26 Å². The number of aromatic nitrogens is 1. The Morgan fingerprint density at radius 3 is 2.03 bits per heavy atom. The molecule has 6 heteroatoms. The SMILES string of the molecule is COc1cc(OC)c(-c2c(C)c(-c3ccc(C)cc3)nc(N)c2C#N)cc1OC. The van der Waals surface area contributed by atoms with Gasteiger partial charge in [0.1, 0.15) is 23.2 Å². The summed E-state index contributed by atoms with van der Waals surface area (Å²) >= 11 is 0. The predicted octanol–water partition coefficient (Wildman–Crippen LogP) is 4.51. The van der Waals surface area contributed by atoms with Crippen molar-refractivity contribution >= 4 is 5.82 Å². The quantitative estimate of drug-likeness (QED) is 0.690. The molecule has 0 spiro atoms. The van der Waals surface area contributed by atoms with Crippen molar-refractivity contribution in [3.63, 3.8) is 0 Å². The average molecular weight is 389 g/mol. The number of nitrogens with two attached hydrogens (primary N) is 1. The molecule has 29 heavy (non-hydrogen) atoms. The zero-order valence-corrected chi connectivity index (χ0v) is 17.2. The molecule has 6 nitrogen and oxygen atoms in total. The van der Waals surface area contributed by atoms with E-state index < -0.39 is 0 Å². The van der Waals surface area contributed by atoms with Crippen LogP contribution in [0.5, 0.6) is 17.2 Å². The molecule has 0 aliphatic carbocycles. The van der Waals surface area contributed by atoms with Crippen LogP contribution in [0.4, 0.5) is 5.82 Å². The van der Waals surface area contributed by atoms with Crippen LogP contribution in [0.15, 0.2) is 36.4 Å². The van der Waals surface area contributed by atoms with Gasteiger partial charge in [0.25, 0.3) is 0 Å². The number of rotatable bonds is 5. The van der Waals surface area contributed by atoms with E-state index in [1.807, 2.05) is 38.1 Å². The van der Waals surface area contributed by atoms with Gasteiger partial charge in [0, 0.05) is 22.8 Å². The summed E-state index contributed by atoms with van der Waals surface area (Å²) in [6, 6.07) is 13.7. The summed E-state index contributed by atoms with van der Waals surface area (Å²) in [7, 11) is 4.69. The molecule has 3 rings (SSSR count). The lowest BCUT2D eigenvalue weighted by Gasteiger charge is -2.19. The Kier molecular flexibility index (Phi) is 5.60. The molecule has 0 aliphatic rings. The first-order chi connectivity index (χ1) is 13.9. The molecule has 0 amide bonds. The van der Waals surface area contributed by atoms with Crippen LogP contribution in [-0.4, -0.2) is 26.3 Å². The molecule has 148 valence electrons. The van der Waals surface area contributed by atoms with Crippen LogP contribution >= 0.6 is 0 Å². The summed E-state index contributed by atoms with van der Waals surface area (Å²) in [6.07, 6.45) is 0. The van der Waals surface area contributed by atoms with E-state index in [1.165, 1.54) is 0 Å². The van der Waals surface area contributed by atoms with Crippen LogP contribution in [0, 0.1) is 25.2 Å². The highest BCUT2D eigenvalue weighted by Crippen LogP contribution is 2.44. The number of hydrogen-bond donors (Lipinski definition) is 1. The third kappa shape index (κ3) is 3.55. The van der Waals surface area contributed by atoms with Crippen LogP contribution in [-0.2, 0) is 0 Å². The van der Waals surface area contributed by atoms with Gasteiger partial charge in [-0.15, -0.1) is 0 Å². The van der Waals surface area contributed by atoms with Gasteiger partial charge in [0.15, 0.2) is 11.5 Å². The van der Waals surface area contributed by atoms with Gasteiger partial charge < -0.3 is 19.9 Å². The second-order valence-corrected chi connectivity index (χ2v) is 6.61. The molecule has 2 aromatic carbocycles. The zero-order valence-electron chi connectivity index (χ0n) is 17.2. The lowest BCUT2D eigenvalue weighted by molar-refractivity contribution is 0.349. The number of methoxy groups -OCH3 is 3. The minimum absolute atomic E-state index is 0.167. The van der Waals surface area contributed by atoms with Gasteiger partial charge in [-0.1, -0.05) is 29.8 Å². The largest absolute Gasteiger partial charge is 0.496 e. The van der Waals surface area contributed by atoms with Crippen molar-refractivity contribution in [1.82, 2.24) is 4.98 Å². The maximum atomic E-state index is 9.81. The highest BCUT2D eigenvalue weighted by Gasteiger charge is 2.23. The van der Waals surface area contributed by atoms with Gasteiger partial charge in [0.05, 0.1) is 27.0 Å². The number of aryl methyl sites for hydroxylation is 1. The monoisotopic (exact) mass is 389 g/mol. The van der Waals surface area contributed by atoms with Crippen molar-refractivity contribution in [3.05, 3.63) is 53.1 Å². The van der Waals surface area contributed by atoms with Crippen molar-refractivity contribution in [1.29, 1.82) is 5.26 Å². The molecule has 2 N–H and O–H groups in total. The van der Waals surface area contributed by atoms with Crippen LogP contribution in [0.1, 0.15) is 16.7 Å². The fourth-order valence-corrected chi connectivity index (χ4v) is 3.36. The molecule has 0 fully saturated rings. The van der Waals surface area contributed by atoms with Gasteiger partial charge >= 0.3 is 0 Å². The van der Waals surface area contributed by atoms with Crippen LogP contribution in [0.25, 0.3) is 22.4 Å². The second-order valence-electron chi connectivity index (χ2n) is 6.61. The number of nitriles is 1. The van der Waals surface area contributed by atoms with E-state index in [9.17, 15) is 5.26 Å². The third-order valence-electron chi connectivity index (χ3n) is 4.88. The van der Waals surface area contributed by atoms with Gasteiger partial charge in [-0.05, 0) is 25.5 Å². The first-order valence-electron chi connectivity index (χ1n) is 9.02. The van der Waals surface area contributed by atoms with E-state index in [2.05, 4.69) is 11.1 Å². The van der Waals surface area contributed by atoms with Gasteiger partial charge in [-0.25, -0.2) is 4.98 Å². The van der Waals surface area contributed by atoms with Crippen molar-refractivity contribution in [2.45, 2.75) is 13.8 Å². The van der Waals surface area contributed by atoms with Crippen LogP contribution < -0.4 is 19.9 Å². The maximum absolute atomic E-state index is 9.81. The minimum atomic E-state index is 0.167. The van der Waals surface area contributed by atoms with Gasteiger partial charge in [0.2, 0.25) is 0 Å². The average Bonchev–Trinajstić information content (AvgIpc) is 2.74. The molecule has 3 aromatic rings. The van der Waals surface area contributed by atoms with Gasteiger partial charge in [-0.3, -0.25) is 0 Å². The molecule has 0 radical (unpaired) electrons. The topological polar surface area (TPSA) is 90.4 Å². The number of nitrogen functional groups attached to an aromatic ring is 1. The van der Waals surface area contributed by atoms with Crippen molar-refractivity contribution < 1.29 is 14.2 Å². The summed E-state index contributed by atoms with van der Waals surface area (Å²) in [5.74, 6) is 1.77. The normalized spacial score (nSPS) is 10.3. The Bertz CT molecular complexity index is 1100. The van der Waals surface area contributed by atoms with Crippen molar-refractivity contribution in [3.8, 4) is 45.7 Å². The van der Waals surface area contributed by atoms with Crippen LogP contribution in [0.3, 0.4) is 0 Å². The molecule has 0 bridgehead atoms. The molecule has 0 saturated heterocycles. The summed E-state index contributed by atoms with van der Waals surface area (Å²) in [6.45, 7) is 3.95. The number of ether oxygens (including phenoxy) is 3. The Labute approximate surface area is 170 Å². The fraction of sp³-hybridized carbons (Fsp3) is 0.217. The highest BCUT2D eigenvalue weighted by molar-refractivity contribution is 5.87. The number of benzene rings is 2. The standard InChI is InChI=1S/C23H23N3O3/c1-13-6-8-15(9-7-13)22-14(2)21(17(12-24)23(25)26-22)16-10-19(28-4)20(29-5)11-18(16)27-3/h6-11H,1-5H3,(H2,25,26). The van der Waals surface area contributed by atoms with Crippen LogP contribution in [0.2, 0.25) is 0 Å². The van der Waals surface area contributed by atoms with Crippen molar-refractivity contribution in [2.24, 2.45) is 0 Å². The van der Waals surface area contributed by atoms with E-state index in [-0.39, 0.29) is 5.82 Å². The summed E-state index contributed by atoms with van der Waals surface area (Å²) in [5.41, 5.74) is 11.4. The smallest absolute Gasteiger partial charge is 0.164 e. The molecule has 0 saturated carbocycles. The second kappa shape index (κ2) is 8.11. The highest BCUT2D eigenvalue weighted by atomic mass is 16.5. The van der Waals surface area contributed by atoms with E-state index in [4.69, 9.17) is 19.9 Å². The number of hydrogen-bond acceptors (Lipinski definition) is 6. The summed E-state index contributed by atoms with van der Waals surface area (Å²) in [5, 5.41) is 9.81. The maximum Gasteiger partial charge on any atom is 0.164 e. The lowest BCUT2D eigenvalue weighted by atomic mass is 9.91. The number of nitrogens with zero attached hydrogens (tertiary/aromatic N) is 2. The Hall–Kier alpha value is -3.72. The molecule has 1 aromatic heterocycles. The zero-order chi connectivity index (χ0) is 21.1. The Morgan fingerprint density at radius 2 is 1.48 bits per heavy atom. The molecule has 0 aliphatic heterocycles. The van der Waals surface area contributed by atoms with E-state index in [1.54, 1.807) is 33.5 Å². The van der Waals surface area contributed by atoms with Crippen molar-refractivity contribution in [2.75, 3.05) is 27.1 Å².